The molecule has 1 aromatic heterocycles. The molecule has 1 aromatic rings. The standard InChI is InChI=1S/C12H18ClN3O/c13-10-5-6-11(16-15-10)17-9-12(14)7-3-1-2-4-8-12/h5-6H,1-4,7-9,14H2. The first-order valence-corrected chi connectivity index (χ1v) is 6.47. The van der Waals surface area contributed by atoms with Crippen LogP contribution in [-0.4, -0.2) is 22.3 Å². The Labute approximate surface area is 107 Å². The maximum atomic E-state index is 6.34. The molecular formula is C12H18ClN3O. The summed E-state index contributed by atoms with van der Waals surface area (Å²) in [6.45, 7) is 0.503. The van der Waals surface area contributed by atoms with Crippen LogP contribution in [0.3, 0.4) is 0 Å². The zero-order chi connectivity index (χ0) is 12.1. The zero-order valence-electron chi connectivity index (χ0n) is 9.86. The van der Waals surface area contributed by atoms with E-state index in [0.29, 0.717) is 17.6 Å². The molecule has 0 bridgehead atoms. The predicted octanol–water partition coefficient (Wildman–Crippen LogP) is 2.56. The molecule has 0 saturated heterocycles. The minimum atomic E-state index is -0.210. The second-order valence-electron chi connectivity index (χ2n) is 4.76. The van der Waals surface area contributed by atoms with Crippen LogP contribution in [0.2, 0.25) is 5.15 Å². The summed E-state index contributed by atoms with van der Waals surface area (Å²) in [5.41, 5.74) is 6.13. The fourth-order valence-electron chi connectivity index (χ4n) is 2.18. The van der Waals surface area contributed by atoms with E-state index in [-0.39, 0.29) is 5.54 Å². The summed E-state index contributed by atoms with van der Waals surface area (Å²) in [5.74, 6) is 0.489. The Balaban J connectivity index is 1.89. The molecule has 5 heteroatoms. The van der Waals surface area contributed by atoms with Crippen LogP contribution in [0.1, 0.15) is 38.5 Å². The lowest BCUT2D eigenvalue weighted by molar-refractivity contribution is 0.192. The lowest BCUT2D eigenvalue weighted by atomic mass is 9.93. The second kappa shape index (κ2) is 5.65. The fourth-order valence-corrected chi connectivity index (χ4v) is 2.28. The van der Waals surface area contributed by atoms with Crippen molar-refractivity contribution in [1.29, 1.82) is 0 Å². The van der Waals surface area contributed by atoms with Gasteiger partial charge in [0, 0.05) is 6.07 Å². The van der Waals surface area contributed by atoms with Crippen LogP contribution in [0.5, 0.6) is 5.88 Å². The molecule has 4 nitrogen and oxygen atoms in total. The van der Waals surface area contributed by atoms with Crippen LogP contribution in [0, 0.1) is 0 Å². The summed E-state index contributed by atoms with van der Waals surface area (Å²) in [7, 11) is 0. The van der Waals surface area contributed by atoms with Gasteiger partial charge in [0.2, 0.25) is 5.88 Å². The largest absolute Gasteiger partial charge is 0.475 e. The van der Waals surface area contributed by atoms with Crippen molar-refractivity contribution in [3.05, 3.63) is 17.3 Å². The van der Waals surface area contributed by atoms with Crippen molar-refractivity contribution in [3.63, 3.8) is 0 Å². The number of nitrogens with zero attached hydrogens (tertiary/aromatic N) is 2. The first kappa shape index (κ1) is 12.6. The van der Waals surface area contributed by atoms with Gasteiger partial charge in [0.15, 0.2) is 5.15 Å². The predicted molar refractivity (Wildman–Crippen MR) is 67.2 cm³/mol. The molecule has 0 spiro atoms. The zero-order valence-corrected chi connectivity index (χ0v) is 10.6. The van der Waals surface area contributed by atoms with Gasteiger partial charge in [-0.2, -0.15) is 0 Å². The lowest BCUT2D eigenvalue weighted by Gasteiger charge is -2.27. The fraction of sp³-hybridized carbons (Fsp3) is 0.667. The number of hydrogen-bond donors (Lipinski definition) is 1. The highest BCUT2D eigenvalue weighted by Crippen LogP contribution is 2.25. The lowest BCUT2D eigenvalue weighted by Crippen LogP contribution is -2.45. The summed E-state index contributed by atoms with van der Waals surface area (Å²) in [6.07, 6.45) is 6.97. The summed E-state index contributed by atoms with van der Waals surface area (Å²) in [5, 5.41) is 7.96. The highest BCUT2D eigenvalue weighted by Gasteiger charge is 2.27. The summed E-state index contributed by atoms with van der Waals surface area (Å²) in [4.78, 5) is 0. The highest BCUT2D eigenvalue weighted by atomic mass is 35.5. The Morgan fingerprint density at radius 1 is 1.18 bits per heavy atom. The van der Waals surface area contributed by atoms with E-state index in [2.05, 4.69) is 10.2 Å². The van der Waals surface area contributed by atoms with Crippen molar-refractivity contribution in [2.24, 2.45) is 5.73 Å². The minimum Gasteiger partial charge on any atom is -0.475 e. The Bertz CT molecular complexity index is 347. The molecule has 1 aliphatic rings. The third kappa shape index (κ3) is 3.82. The average Bonchev–Trinajstić information content (AvgIpc) is 2.54. The molecule has 0 amide bonds. The topological polar surface area (TPSA) is 61.0 Å². The van der Waals surface area contributed by atoms with Gasteiger partial charge in [-0.25, -0.2) is 0 Å². The Hall–Kier alpha value is -0.870. The van der Waals surface area contributed by atoms with Gasteiger partial charge in [0.25, 0.3) is 0 Å². The smallest absolute Gasteiger partial charge is 0.233 e. The molecule has 0 aromatic carbocycles. The first-order chi connectivity index (χ1) is 8.18. The van der Waals surface area contributed by atoms with E-state index in [4.69, 9.17) is 22.1 Å². The first-order valence-electron chi connectivity index (χ1n) is 6.09. The molecule has 0 aliphatic heterocycles. The summed E-state index contributed by atoms with van der Waals surface area (Å²) >= 11 is 5.66. The van der Waals surface area contributed by atoms with E-state index in [9.17, 15) is 0 Å². The monoisotopic (exact) mass is 255 g/mol. The number of hydrogen-bond acceptors (Lipinski definition) is 4. The van der Waals surface area contributed by atoms with Gasteiger partial charge in [-0.05, 0) is 18.9 Å². The van der Waals surface area contributed by atoms with Gasteiger partial charge >= 0.3 is 0 Å². The quantitative estimate of drug-likeness (QED) is 0.844. The molecule has 17 heavy (non-hydrogen) atoms. The van der Waals surface area contributed by atoms with E-state index in [1.54, 1.807) is 12.1 Å². The molecule has 1 saturated carbocycles. The number of rotatable bonds is 3. The van der Waals surface area contributed by atoms with E-state index in [1.807, 2.05) is 0 Å². The van der Waals surface area contributed by atoms with E-state index < -0.39 is 0 Å². The van der Waals surface area contributed by atoms with Crippen molar-refractivity contribution < 1.29 is 4.74 Å². The molecule has 0 unspecified atom stereocenters. The number of nitrogens with two attached hydrogens (primary N) is 1. The molecule has 1 fully saturated rings. The summed E-state index contributed by atoms with van der Waals surface area (Å²) < 4.78 is 5.60. The number of halogens is 1. The minimum absolute atomic E-state index is 0.210. The van der Waals surface area contributed by atoms with Crippen molar-refractivity contribution in [2.45, 2.75) is 44.1 Å². The maximum Gasteiger partial charge on any atom is 0.233 e. The Morgan fingerprint density at radius 3 is 2.47 bits per heavy atom. The van der Waals surface area contributed by atoms with Gasteiger partial charge in [0.05, 0.1) is 5.54 Å². The van der Waals surface area contributed by atoms with Crippen LogP contribution in [0.15, 0.2) is 12.1 Å². The average molecular weight is 256 g/mol. The number of ether oxygens (including phenoxy) is 1. The third-order valence-electron chi connectivity index (χ3n) is 3.21. The van der Waals surface area contributed by atoms with E-state index >= 15 is 0 Å². The van der Waals surface area contributed by atoms with Crippen molar-refractivity contribution >= 4 is 11.6 Å². The van der Waals surface area contributed by atoms with Crippen LogP contribution in [-0.2, 0) is 0 Å². The molecule has 0 atom stereocenters. The van der Waals surface area contributed by atoms with E-state index in [0.717, 1.165) is 12.8 Å². The molecule has 1 heterocycles. The molecule has 0 radical (unpaired) electrons. The van der Waals surface area contributed by atoms with Gasteiger partial charge in [-0.15, -0.1) is 10.2 Å². The van der Waals surface area contributed by atoms with Crippen molar-refractivity contribution in [3.8, 4) is 5.88 Å². The Kier molecular flexibility index (Phi) is 4.18. The third-order valence-corrected chi connectivity index (χ3v) is 3.42. The van der Waals surface area contributed by atoms with Gasteiger partial charge < -0.3 is 10.5 Å². The van der Waals surface area contributed by atoms with Crippen molar-refractivity contribution in [2.75, 3.05) is 6.61 Å². The van der Waals surface area contributed by atoms with Crippen molar-refractivity contribution in [1.82, 2.24) is 10.2 Å². The van der Waals surface area contributed by atoms with Crippen LogP contribution >= 0.6 is 11.6 Å². The molecule has 94 valence electrons. The van der Waals surface area contributed by atoms with Gasteiger partial charge in [0.1, 0.15) is 6.61 Å². The SMILES string of the molecule is NC1(COc2ccc(Cl)nn2)CCCCCC1. The van der Waals surface area contributed by atoms with E-state index in [1.165, 1.54) is 25.7 Å². The molecular weight excluding hydrogens is 238 g/mol. The Morgan fingerprint density at radius 2 is 1.88 bits per heavy atom. The van der Waals surface area contributed by atoms with Crippen LogP contribution in [0.25, 0.3) is 0 Å². The normalized spacial score (nSPS) is 19.6. The molecule has 2 N–H and O–H groups in total. The maximum absolute atomic E-state index is 6.34. The van der Waals surface area contributed by atoms with Gasteiger partial charge in [-0.3, -0.25) is 0 Å². The van der Waals surface area contributed by atoms with Gasteiger partial charge in [-0.1, -0.05) is 37.3 Å². The number of aromatic nitrogens is 2. The highest BCUT2D eigenvalue weighted by molar-refractivity contribution is 6.29. The van der Waals surface area contributed by atoms with Crippen LogP contribution in [0.4, 0.5) is 0 Å². The second-order valence-corrected chi connectivity index (χ2v) is 5.15. The van der Waals surface area contributed by atoms with Crippen LogP contribution < -0.4 is 10.5 Å². The molecule has 1 aliphatic carbocycles. The molecule has 2 rings (SSSR count). The summed E-state index contributed by atoms with van der Waals surface area (Å²) in [6, 6.07) is 3.38.